The van der Waals surface area contributed by atoms with E-state index in [0.717, 1.165) is 22.4 Å². The van der Waals surface area contributed by atoms with E-state index in [1.54, 1.807) is 6.08 Å². The van der Waals surface area contributed by atoms with E-state index in [1.165, 1.54) is 6.08 Å². The van der Waals surface area contributed by atoms with Crippen molar-refractivity contribution in [2.75, 3.05) is 6.54 Å². The lowest BCUT2D eigenvalue weighted by molar-refractivity contribution is -0.136. The van der Waals surface area contributed by atoms with Gasteiger partial charge < -0.3 is 19.7 Å². The monoisotopic (exact) mass is 406 g/mol. The second-order valence-electron chi connectivity index (χ2n) is 6.56. The van der Waals surface area contributed by atoms with Gasteiger partial charge in [-0.25, -0.2) is 0 Å². The molecule has 0 aliphatic carbocycles. The number of aliphatic carboxylic acids is 1. The second-order valence-corrected chi connectivity index (χ2v) is 6.56. The summed E-state index contributed by atoms with van der Waals surface area (Å²) in [7, 11) is 0. The topological polar surface area (TPSA) is 102 Å². The zero-order chi connectivity index (χ0) is 21.3. The average molecular weight is 406 g/mol. The molecule has 1 aromatic heterocycles. The molecule has 0 saturated carbocycles. The van der Waals surface area contributed by atoms with Gasteiger partial charge in [0, 0.05) is 18.2 Å². The highest BCUT2D eigenvalue weighted by atomic mass is 16.5. The van der Waals surface area contributed by atoms with E-state index in [2.05, 4.69) is 10.5 Å². The van der Waals surface area contributed by atoms with Crippen molar-refractivity contribution in [1.29, 1.82) is 0 Å². The molecule has 2 aromatic carbocycles. The molecule has 2 N–H and O–H groups in total. The number of amides is 1. The number of aromatic nitrogens is 1. The minimum absolute atomic E-state index is 0.0958. The van der Waals surface area contributed by atoms with Crippen molar-refractivity contribution < 1.29 is 24.0 Å². The van der Waals surface area contributed by atoms with Crippen molar-refractivity contribution in [2.45, 2.75) is 20.0 Å². The third-order valence-electron chi connectivity index (χ3n) is 4.36. The molecule has 0 aliphatic rings. The minimum Gasteiger partial charge on any atom is -0.489 e. The summed E-state index contributed by atoms with van der Waals surface area (Å²) in [5.41, 5.74) is 3.45. The van der Waals surface area contributed by atoms with Crippen LogP contribution < -0.4 is 10.1 Å². The van der Waals surface area contributed by atoms with Crippen molar-refractivity contribution in [3.8, 4) is 17.0 Å². The summed E-state index contributed by atoms with van der Waals surface area (Å²) in [6, 6.07) is 17.1. The highest BCUT2D eigenvalue weighted by molar-refractivity contribution is 5.91. The molecule has 0 aliphatic heterocycles. The first-order chi connectivity index (χ1) is 14.5. The first-order valence-corrected chi connectivity index (χ1v) is 9.44. The Morgan fingerprint density at radius 1 is 1.13 bits per heavy atom. The Balaban J connectivity index is 1.57. The van der Waals surface area contributed by atoms with Crippen LogP contribution in [0, 0.1) is 6.92 Å². The van der Waals surface area contributed by atoms with Crippen molar-refractivity contribution in [3.63, 3.8) is 0 Å². The molecule has 30 heavy (non-hydrogen) atoms. The summed E-state index contributed by atoms with van der Waals surface area (Å²) >= 11 is 0. The van der Waals surface area contributed by atoms with Crippen LogP contribution in [0.3, 0.4) is 0 Å². The van der Waals surface area contributed by atoms with E-state index in [-0.39, 0.29) is 18.9 Å². The number of ether oxygens (including phenoxy) is 1. The lowest BCUT2D eigenvalue weighted by atomic mass is 10.1. The van der Waals surface area contributed by atoms with Crippen LogP contribution in [0.25, 0.3) is 17.3 Å². The van der Waals surface area contributed by atoms with E-state index < -0.39 is 5.97 Å². The van der Waals surface area contributed by atoms with Gasteiger partial charge in [0.05, 0.1) is 12.0 Å². The molecule has 0 fully saturated rings. The standard InChI is InChI=1S/C23H22N2O5/c1-16-20(23(25-30-16)18-5-3-2-4-6-18)15-29-19-10-7-17(8-11-19)9-12-21(26)24-14-13-22(27)28/h2-12H,13-15H2,1H3,(H,24,26)(H,27,28)/b12-9+. The SMILES string of the molecule is Cc1onc(-c2ccccc2)c1COc1ccc(/C=C/C(=O)NCCC(=O)O)cc1. The summed E-state index contributed by atoms with van der Waals surface area (Å²) in [5.74, 6) is 0.0973. The molecule has 0 unspecified atom stereocenters. The molecule has 3 aromatic rings. The van der Waals surface area contributed by atoms with Gasteiger partial charge in [0.25, 0.3) is 0 Å². The Kier molecular flexibility index (Phi) is 7.00. The summed E-state index contributed by atoms with van der Waals surface area (Å²) in [6.45, 7) is 2.27. The predicted octanol–water partition coefficient (Wildman–Crippen LogP) is 3.83. The quantitative estimate of drug-likeness (QED) is 0.524. The molecule has 3 rings (SSSR count). The molecule has 0 saturated heterocycles. The van der Waals surface area contributed by atoms with Gasteiger partial charge in [0.1, 0.15) is 23.8 Å². The van der Waals surface area contributed by atoms with Gasteiger partial charge in [-0.15, -0.1) is 0 Å². The maximum Gasteiger partial charge on any atom is 0.305 e. The Labute approximate surface area is 174 Å². The zero-order valence-corrected chi connectivity index (χ0v) is 16.5. The predicted molar refractivity (Wildman–Crippen MR) is 112 cm³/mol. The number of hydrogen-bond donors (Lipinski definition) is 2. The van der Waals surface area contributed by atoms with Gasteiger partial charge in [-0.2, -0.15) is 0 Å². The van der Waals surface area contributed by atoms with Gasteiger partial charge in [-0.05, 0) is 30.7 Å². The Bertz CT molecular complexity index is 1020. The van der Waals surface area contributed by atoms with Gasteiger partial charge in [0.2, 0.25) is 5.91 Å². The summed E-state index contributed by atoms with van der Waals surface area (Å²) in [6.07, 6.45) is 2.91. The molecule has 0 spiro atoms. The number of carbonyl (C=O) groups excluding carboxylic acids is 1. The molecule has 0 atom stereocenters. The lowest BCUT2D eigenvalue weighted by Crippen LogP contribution is -2.23. The number of carbonyl (C=O) groups is 2. The maximum absolute atomic E-state index is 11.6. The first kappa shape index (κ1) is 20.9. The largest absolute Gasteiger partial charge is 0.489 e. The number of benzene rings is 2. The van der Waals surface area contributed by atoms with Crippen LogP contribution in [0.5, 0.6) is 5.75 Å². The molecular weight excluding hydrogens is 384 g/mol. The van der Waals surface area contributed by atoms with Crippen LogP contribution in [0.2, 0.25) is 0 Å². The van der Waals surface area contributed by atoms with Crippen molar-refractivity contribution in [3.05, 3.63) is 77.6 Å². The number of aryl methyl sites for hydroxylation is 1. The van der Waals surface area contributed by atoms with E-state index >= 15 is 0 Å². The second kappa shape index (κ2) is 10.1. The molecule has 7 heteroatoms. The first-order valence-electron chi connectivity index (χ1n) is 9.44. The zero-order valence-electron chi connectivity index (χ0n) is 16.5. The summed E-state index contributed by atoms with van der Waals surface area (Å²) < 4.78 is 11.2. The van der Waals surface area contributed by atoms with Gasteiger partial charge in [0.15, 0.2) is 0 Å². The van der Waals surface area contributed by atoms with Crippen molar-refractivity contribution in [2.24, 2.45) is 0 Å². The van der Waals surface area contributed by atoms with Crippen molar-refractivity contribution >= 4 is 18.0 Å². The normalized spacial score (nSPS) is 10.8. The number of nitrogens with zero attached hydrogens (tertiary/aromatic N) is 1. The molecule has 1 heterocycles. The number of carboxylic acid groups (broad SMARTS) is 1. The Morgan fingerprint density at radius 3 is 2.57 bits per heavy atom. The van der Waals surface area contributed by atoms with Crippen LogP contribution in [0.15, 0.2) is 65.2 Å². The van der Waals surface area contributed by atoms with E-state index in [4.69, 9.17) is 14.4 Å². The van der Waals surface area contributed by atoms with Crippen molar-refractivity contribution in [1.82, 2.24) is 10.5 Å². The highest BCUT2D eigenvalue weighted by Gasteiger charge is 2.15. The number of rotatable bonds is 9. The van der Waals surface area contributed by atoms with Crippen LogP contribution in [-0.4, -0.2) is 28.7 Å². The van der Waals surface area contributed by atoms with Crippen LogP contribution in [0.1, 0.15) is 23.3 Å². The van der Waals surface area contributed by atoms with E-state index in [9.17, 15) is 9.59 Å². The van der Waals surface area contributed by atoms with Gasteiger partial charge in [-0.3, -0.25) is 9.59 Å². The fourth-order valence-electron chi connectivity index (χ4n) is 2.74. The fraction of sp³-hybridized carbons (Fsp3) is 0.174. The number of hydrogen-bond acceptors (Lipinski definition) is 5. The molecule has 7 nitrogen and oxygen atoms in total. The lowest BCUT2D eigenvalue weighted by Gasteiger charge is -2.07. The fourth-order valence-corrected chi connectivity index (χ4v) is 2.74. The minimum atomic E-state index is -0.952. The van der Waals surface area contributed by atoms with E-state index in [1.807, 2.05) is 61.5 Å². The Morgan fingerprint density at radius 2 is 1.87 bits per heavy atom. The third-order valence-corrected chi connectivity index (χ3v) is 4.36. The molecule has 1 amide bonds. The maximum atomic E-state index is 11.6. The smallest absolute Gasteiger partial charge is 0.305 e. The van der Waals surface area contributed by atoms with Gasteiger partial charge >= 0.3 is 5.97 Å². The molecular formula is C23H22N2O5. The Hall–Kier alpha value is -3.87. The van der Waals surface area contributed by atoms with Crippen LogP contribution in [-0.2, 0) is 16.2 Å². The number of nitrogens with one attached hydrogen (secondary N) is 1. The molecule has 0 radical (unpaired) electrons. The highest BCUT2D eigenvalue weighted by Crippen LogP contribution is 2.26. The van der Waals surface area contributed by atoms with Gasteiger partial charge in [-0.1, -0.05) is 47.6 Å². The molecule has 154 valence electrons. The summed E-state index contributed by atoms with van der Waals surface area (Å²) in [4.78, 5) is 22.1. The average Bonchev–Trinajstić information content (AvgIpc) is 3.12. The van der Waals surface area contributed by atoms with Crippen LogP contribution >= 0.6 is 0 Å². The number of carboxylic acids is 1. The third kappa shape index (κ3) is 5.81. The van der Waals surface area contributed by atoms with E-state index in [0.29, 0.717) is 18.1 Å². The van der Waals surface area contributed by atoms with Crippen LogP contribution in [0.4, 0.5) is 0 Å². The molecule has 0 bridgehead atoms. The summed E-state index contributed by atoms with van der Waals surface area (Å²) in [5, 5.41) is 15.2.